The summed E-state index contributed by atoms with van der Waals surface area (Å²) in [6.45, 7) is 13.3. The second-order valence-electron chi connectivity index (χ2n) is 14.0. The summed E-state index contributed by atoms with van der Waals surface area (Å²) >= 11 is 0. The molecule has 0 spiro atoms. The summed E-state index contributed by atoms with van der Waals surface area (Å²) in [6.07, 6.45) is 5.73. The zero-order chi connectivity index (χ0) is 33.4. The van der Waals surface area contributed by atoms with Gasteiger partial charge in [0.05, 0.1) is 5.69 Å². The van der Waals surface area contributed by atoms with Crippen molar-refractivity contribution >= 4 is 21.8 Å². The molecule has 0 atom stereocenters. The molecule has 0 aliphatic heterocycles. The van der Waals surface area contributed by atoms with Crippen LogP contribution in [-0.2, 0) is 33.3 Å². The molecule has 0 amide bonds. The number of ether oxygens (including phenoxy) is 1. The van der Waals surface area contributed by atoms with Crippen LogP contribution in [0.3, 0.4) is 0 Å². The van der Waals surface area contributed by atoms with Crippen LogP contribution in [0.2, 0.25) is 0 Å². The Morgan fingerprint density at radius 3 is 2.31 bits per heavy atom. The van der Waals surface area contributed by atoms with E-state index in [1.54, 1.807) is 0 Å². The molecule has 0 saturated carbocycles. The molecule has 6 heteroatoms. The van der Waals surface area contributed by atoms with Crippen molar-refractivity contribution in [1.29, 1.82) is 0 Å². The number of aromatic nitrogens is 4. The van der Waals surface area contributed by atoms with Gasteiger partial charge in [0.2, 0.25) is 0 Å². The van der Waals surface area contributed by atoms with Crippen molar-refractivity contribution in [3.8, 4) is 34.1 Å². The van der Waals surface area contributed by atoms with Crippen molar-refractivity contribution in [3.05, 3.63) is 132 Å². The molecule has 0 unspecified atom stereocenters. The smallest absolute Gasteiger partial charge is 0.509 e. The zero-order valence-electron chi connectivity index (χ0n) is 29.1. The summed E-state index contributed by atoms with van der Waals surface area (Å²) in [5, 5.41) is 7.50. The van der Waals surface area contributed by atoms with E-state index in [1.807, 2.05) is 30.5 Å². The number of benzene rings is 4. The van der Waals surface area contributed by atoms with E-state index in [-0.39, 0.29) is 25.8 Å². The van der Waals surface area contributed by atoms with Gasteiger partial charge in [-0.1, -0.05) is 87.7 Å². The normalized spacial score (nSPS) is 11.6. The molecule has 0 bridgehead atoms. The minimum Gasteiger partial charge on any atom is -0.509 e. The Kier molecular flexibility index (Phi) is 9.93. The molecule has 0 fully saturated rings. The maximum Gasteiger partial charge on any atom is 2.00 e. The largest absolute Gasteiger partial charge is 2.00 e. The molecular formula is C43H42N4OPd. The molecule has 3 aromatic heterocycles. The Morgan fingerprint density at radius 2 is 1.55 bits per heavy atom. The average molecular weight is 737 g/mol. The van der Waals surface area contributed by atoms with Gasteiger partial charge in [-0.25, -0.2) is 4.98 Å². The first-order valence-corrected chi connectivity index (χ1v) is 17.0. The fourth-order valence-electron chi connectivity index (χ4n) is 6.44. The molecule has 4 aromatic carbocycles. The van der Waals surface area contributed by atoms with Crippen molar-refractivity contribution in [2.45, 2.75) is 67.2 Å². The van der Waals surface area contributed by atoms with Crippen LogP contribution in [-0.4, -0.2) is 19.3 Å². The number of fused-ring (bicyclic) bond motifs is 3. The summed E-state index contributed by atoms with van der Waals surface area (Å²) in [7, 11) is 0. The SMILES string of the molecule is CCCc1nn(-c2[c-]c(Oc3[c-]c4c(cc3)c3ccccc3n4-c3cc(C)ccn3)ccc2)c(CCC(C)(C)C)c1-c1ccc(C)cc1.[Pd+2]. The van der Waals surface area contributed by atoms with E-state index < -0.39 is 0 Å². The Balaban J connectivity index is 0.00000417. The number of para-hydroxylation sites is 1. The Hall–Kier alpha value is -4.50. The molecule has 3 heterocycles. The van der Waals surface area contributed by atoms with E-state index in [9.17, 15) is 0 Å². The number of hydrogen-bond donors (Lipinski definition) is 0. The Labute approximate surface area is 303 Å². The number of hydrogen-bond acceptors (Lipinski definition) is 3. The van der Waals surface area contributed by atoms with Gasteiger partial charge >= 0.3 is 20.4 Å². The number of nitrogens with zero attached hydrogens (tertiary/aromatic N) is 4. The van der Waals surface area contributed by atoms with Gasteiger partial charge in [-0.05, 0) is 78.9 Å². The first kappa shape index (κ1) is 34.4. The molecule has 0 N–H and O–H groups in total. The van der Waals surface area contributed by atoms with Crippen molar-refractivity contribution in [2.24, 2.45) is 5.41 Å². The fraction of sp³-hybridized carbons (Fsp3) is 0.256. The summed E-state index contributed by atoms with van der Waals surface area (Å²) in [6, 6.07) is 38.7. The predicted octanol–water partition coefficient (Wildman–Crippen LogP) is 11.0. The first-order chi connectivity index (χ1) is 23.2. The topological polar surface area (TPSA) is 44.9 Å². The molecular weight excluding hydrogens is 695 g/mol. The van der Waals surface area contributed by atoms with E-state index in [4.69, 9.17) is 14.8 Å². The summed E-state index contributed by atoms with van der Waals surface area (Å²) in [4.78, 5) is 4.71. The van der Waals surface area contributed by atoms with Gasteiger partial charge in [0.1, 0.15) is 5.82 Å². The molecule has 0 aliphatic rings. The van der Waals surface area contributed by atoms with Crippen LogP contribution < -0.4 is 4.74 Å². The van der Waals surface area contributed by atoms with E-state index in [1.165, 1.54) is 22.4 Å². The van der Waals surface area contributed by atoms with Crippen LogP contribution in [0.1, 0.15) is 63.1 Å². The maximum absolute atomic E-state index is 6.51. The van der Waals surface area contributed by atoms with Crippen LogP contribution in [0, 0.1) is 31.4 Å². The number of pyridine rings is 1. The van der Waals surface area contributed by atoms with Crippen molar-refractivity contribution < 1.29 is 25.2 Å². The van der Waals surface area contributed by atoms with Gasteiger partial charge in [0, 0.05) is 34.5 Å². The summed E-state index contributed by atoms with van der Waals surface area (Å²) in [5.74, 6) is 2.09. The van der Waals surface area contributed by atoms with Crippen LogP contribution in [0.5, 0.6) is 11.5 Å². The monoisotopic (exact) mass is 736 g/mol. The van der Waals surface area contributed by atoms with Gasteiger partial charge < -0.3 is 9.30 Å². The zero-order valence-corrected chi connectivity index (χ0v) is 30.6. The third-order valence-corrected chi connectivity index (χ3v) is 8.88. The second kappa shape index (κ2) is 14.2. The molecule has 0 radical (unpaired) electrons. The third-order valence-electron chi connectivity index (χ3n) is 8.88. The minimum atomic E-state index is 0. The molecule has 7 rings (SSSR count). The van der Waals surface area contributed by atoms with Crippen LogP contribution in [0.25, 0.3) is 44.4 Å². The van der Waals surface area contributed by atoms with E-state index in [0.717, 1.165) is 70.3 Å². The standard InChI is InChI=1S/C43H42N4O.Pd/c1-7-11-37-42(31-18-16-29(2)17-19-31)39(22-24-43(4,5)6)47(45-37)32-12-10-13-33(27-32)48-34-20-21-36-35-14-8-9-15-38(35)46(40(36)28-34)41-26-30(3)23-25-44-41;/h8-10,12-21,23,25-26H,7,11,22,24H2,1-6H3;/q-2;+2. The van der Waals surface area contributed by atoms with Gasteiger partial charge in [-0.3, -0.25) is 4.68 Å². The molecule has 250 valence electrons. The van der Waals surface area contributed by atoms with Crippen molar-refractivity contribution in [3.63, 3.8) is 0 Å². The maximum atomic E-state index is 6.51. The summed E-state index contributed by atoms with van der Waals surface area (Å²) < 4.78 is 10.8. The molecule has 0 saturated heterocycles. The second-order valence-corrected chi connectivity index (χ2v) is 14.0. The van der Waals surface area contributed by atoms with Crippen molar-refractivity contribution in [1.82, 2.24) is 19.3 Å². The van der Waals surface area contributed by atoms with Crippen LogP contribution in [0.15, 0.2) is 97.2 Å². The summed E-state index contributed by atoms with van der Waals surface area (Å²) in [5.41, 5.74) is 10.3. The third kappa shape index (κ3) is 7.13. The van der Waals surface area contributed by atoms with Crippen LogP contribution in [0.4, 0.5) is 0 Å². The van der Waals surface area contributed by atoms with E-state index in [2.05, 4.69) is 130 Å². The van der Waals surface area contributed by atoms with Gasteiger partial charge in [-0.2, -0.15) is 17.2 Å². The molecule has 0 aliphatic carbocycles. The molecule has 5 nitrogen and oxygen atoms in total. The van der Waals surface area contributed by atoms with Crippen molar-refractivity contribution in [2.75, 3.05) is 0 Å². The van der Waals surface area contributed by atoms with E-state index >= 15 is 0 Å². The van der Waals surface area contributed by atoms with Gasteiger partial charge in [-0.15, -0.1) is 35.7 Å². The fourth-order valence-corrected chi connectivity index (χ4v) is 6.44. The number of aryl methyl sites for hydroxylation is 3. The van der Waals surface area contributed by atoms with Crippen LogP contribution >= 0.6 is 0 Å². The number of rotatable bonds is 9. The first-order valence-electron chi connectivity index (χ1n) is 17.0. The molecule has 49 heavy (non-hydrogen) atoms. The van der Waals surface area contributed by atoms with Gasteiger partial charge in [0.25, 0.3) is 0 Å². The van der Waals surface area contributed by atoms with Gasteiger partial charge in [0.15, 0.2) is 0 Å². The predicted molar refractivity (Wildman–Crippen MR) is 197 cm³/mol. The average Bonchev–Trinajstić information content (AvgIpc) is 3.59. The Bertz CT molecular complexity index is 2240. The Morgan fingerprint density at radius 1 is 0.776 bits per heavy atom. The molecule has 7 aromatic rings. The minimum absolute atomic E-state index is 0. The quantitative estimate of drug-likeness (QED) is 0.109. The van der Waals surface area contributed by atoms with E-state index in [0.29, 0.717) is 11.5 Å².